The Bertz CT molecular complexity index is 719. The minimum absolute atomic E-state index is 0.0000926. The van der Waals surface area contributed by atoms with Gasteiger partial charge in [0.25, 0.3) is 11.9 Å². The zero-order chi connectivity index (χ0) is 17.8. The molecule has 1 fully saturated rings. The lowest BCUT2D eigenvalue weighted by atomic mass is 10.2. The summed E-state index contributed by atoms with van der Waals surface area (Å²) in [6.45, 7) is 1.82. The van der Waals surface area contributed by atoms with E-state index in [4.69, 9.17) is 0 Å². The summed E-state index contributed by atoms with van der Waals surface area (Å²) in [7, 11) is 0. The fourth-order valence-corrected chi connectivity index (χ4v) is 2.88. The van der Waals surface area contributed by atoms with Crippen LogP contribution in [0.1, 0.15) is 31.2 Å². The maximum Gasteiger partial charge on any atom is 0.253 e. The maximum absolute atomic E-state index is 13.6. The predicted molar refractivity (Wildman–Crippen MR) is 86.3 cm³/mol. The normalized spacial score (nSPS) is 15.1. The van der Waals surface area contributed by atoms with E-state index in [0.29, 0.717) is 5.56 Å². The molecule has 134 valence electrons. The van der Waals surface area contributed by atoms with Crippen molar-refractivity contribution in [1.29, 1.82) is 0 Å². The molecule has 0 amide bonds. The van der Waals surface area contributed by atoms with Gasteiger partial charge >= 0.3 is 0 Å². The number of nitrogens with zero attached hydrogens (tertiary/aromatic N) is 3. The number of rotatable bonds is 4. The van der Waals surface area contributed by atoms with Crippen LogP contribution in [0, 0.1) is 23.5 Å². The quantitative estimate of drug-likeness (QED) is 0.665. The van der Waals surface area contributed by atoms with Crippen molar-refractivity contribution in [3.8, 4) is 0 Å². The van der Waals surface area contributed by atoms with E-state index < -0.39 is 29.2 Å². The molecule has 0 bridgehead atoms. The third-order valence-corrected chi connectivity index (χ3v) is 4.21. The molecule has 0 aromatic carbocycles. The van der Waals surface area contributed by atoms with Crippen molar-refractivity contribution in [2.45, 2.75) is 32.2 Å². The molecule has 1 aliphatic rings. The van der Waals surface area contributed by atoms with Crippen molar-refractivity contribution in [2.24, 2.45) is 0 Å². The van der Waals surface area contributed by atoms with E-state index >= 15 is 0 Å². The maximum atomic E-state index is 13.6. The van der Waals surface area contributed by atoms with Crippen LogP contribution in [0.15, 0.2) is 18.3 Å². The number of pyridine rings is 2. The Morgan fingerprint density at radius 2 is 1.60 bits per heavy atom. The zero-order valence-electron chi connectivity index (χ0n) is 13.5. The predicted octanol–water partition coefficient (Wildman–Crippen LogP) is 4.03. The molecule has 0 radical (unpaired) electrons. The van der Waals surface area contributed by atoms with Gasteiger partial charge in [0.05, 0.1) is 0 Å². The highest BCUT2D eigenvalue weighted by atomic mass is 19.2. The molecule has 0 aliphatic carbocycles. The molecule has 0 spiro atoms. The van der Waals surface area contributed by atoms with Gasteiger partial charge in [-0.3, -0.25) is 0 Å². The molecular weight excluding hydrogens is 336 g/mol. The molecule has 3 heterocycles. The van der Waals surface area contributed by atoms with Gasteiger partial charge in [0, 0.05) is 25.8 Å². The monoisotopic (exact) mass is 354 g/mol. The average molecular weight is 354 g/mol. The third-order valence-electron chi connectivity index (χ3n) is 4.21. The summed E-state index contributed by atoms with van der Waals surface area (Å²) < 4.78 is 53.6. The number of hydrogen-bond acceptors (Lipinski definition) is 4. The van der Waals surface area contributed by atoms with Crippen LogP contribution in [0.3, 0.4) is 0 Å². The molecule has 2 aromatic rings. The van der Waals surface area contributed by atoms with Crippen LogP contribution in [0.25, 0.3) is 0 Å². The molecule has 0 atom stereocenters. The number of hydrogen-bond donors (Lipinski definition) is 1. The van der Waals surface area contributed by atoms with E-state index in [0.717, 1.165) is 31.7 Å². The van der Waals surface area contributed by atoms with Crippen LogP contribution in [-0.2, 0) is 6.54 Å². The van der Waals surface area contributed by atoms with Crippen LogP contribution in [0.5, 0.6) is 0 Å². The first-order valence-corrected chi connectivity index (χ1v) is 8.20. The SMILES string of the molecule is Fc1nc(F)c(F)c(NCc2ccnc(N3CCCCCC3)c2)c1F. The molecular formula is C17H18F4N4. The smallest absolute Gasteiger partial charge is 0.253 e. The minimum Gasteiger partial charge on any atom is -0.376 e. The first-order valence-electron chi connectivity index (χ1n) is 8.20. The lowest BCUT2D eigenvalue weighted by Gasteiger charge is -2.22. The van der Waals surface area contributed by atoms with Gasteiger partial charge in [-0.1, -0.05) is 12.8 Å². The van der Waals surface area contributed by atoms with Gasteiger partial charge in [-0.05, 0) is 30.5 Å². The van der Waals surface area contributed by atoms with Gasteiger partial charge in [-0.25, -0.2) is 4.98 Å². The first-order chi connectivity index (χ1) is 12.1. The van der Waals surface area contributed by atoms with Crippen LogP contribution in [0.2, 0.25) is 0 Å². The summed E-state index contributed by atoms with van der Waals surface area (Å²) >= 11 is 0. The Balaban J connectivity index is 1.75. The van der Waals surface area contributed by atoms with Gasteiger partial charge in [0.2, 0.25) is 11.6 Å². The Morgan fingerprint density at radius 3 is 2.24 bits per heavy atom. The Hall–Kier alpha value is -2.38. The fraction of sp³-hybridized carbons (Fsp3) is 0.412. The summed E-state index contributed by atoms with van der Waals surface area (Å²) in [4.78, 5) is 9.05. The molecule has 1 saturated heterocycles. The summed E-state index contributed by atoms with van der Waals surface area (Å²) in [5.41, 5.74) is -0.163. The van der Waals surface area contributed by atoms with E-state index in [1.807, 2.05) is 6.07 Å². The van der Waals surface area contributed by atoms with E-state index in [-0.39, 0.29) is 6.54 Å². The second-order valence-electron chi connectivity index (χ2n) is 5.97. The van der Waals surface area contributed by atoms with Gasteiger partial charge in [0.1, 0.15) is 11.5 Å². The Kier molecular flexibility index (Phi) is 5.35. The molecule has 2 aromatic heterocycles. The number of nitrogens with one attached hydrogen (secondary N) is 1. The molecule has 0 saturated carbocycles. The fourth-order valence-electron chi connectivity index (χ4n) is 2.88. The van der Waals surface area contributed by atoms with Crippen LogP contribution < -0.4 is 10.2 Å². The first kappa shape index (κ1) is 17.4. The molecule has 4 nitrogen and oxygen atoms in total. The molecule has 3 rings (SSSR count). The van der Waals surface area contributed by atoms with Crippen LogP contribution in [-0.4, -0.2) is 23.1 Å². The zero-order valence-corrected chi connectivity index (χ0v) is 13.5. The molecule has 0 unspecified atom stereocenters. The summed E-state index contributed by atoms with van der Waals surface area (Å²) in [6.07, 6.45) is 6.18. The summed E-state index contributed by atoms with van der Waals surface area (Å²) in [5, 5.41) is 2.41. The highest BCUT2D eigenvalue weighted by Crippen LogP contribution is 2.23. The number of aromatic nitrogens is 2. The standard InChI is InChI=1S/C17H18F4N4/c18-13-15(14(19)17(21)24-16(13)20)23-10-11-5-6-22-12(9-11)25-7-3-1-2-4-8-25/h5-6,9H,1-4,7-8,10H2,(H,23,24). The van der Waals surface area contributed by atoms with Crippen molar-refractivity contribution in [3.05, 3.63) is 47.4 Å². The van der Waals surface area contributed by atoms with Crippen molar-refractivity contribution in [3.63, 3.8) is 0 Å². The lowest BCUT2D eigenvalue weighted by Crippen LogP contribution is -2.25. The number of anilines is 2. The van der Waals surface area contributed by atoms with E-state index in [9.17, 15) is 17.6 Å². The van der Waals surface area contributed by atoms with Crippen LogP contribution >= 0.6 is 0 Å². The second kappa shape index (κ2) is 7.67. The highest BCUT2D eigenvalue weighted by Gasteiger charge is 2.20. The molecule has 1 aliphatic heterocycles. The van der Waals surface area contributed by atoms with E-state index in [2.05, 4.69) is 20.2 Å². The van der Waals surface area contributed by atoms with E-state index in [1.54, 1.807) is 12.3 Å². The van der Waals surface area contributed by atoms with Crippen molar-refractivity contribution < 1.29 is 17.6 Å². The largest absolute Gasteiger partial charge is 0.376 e. The third kappa shape index (κ3) is 4.00. The summed E-state index contributed by atoms with van der Waals surface area (Å²) in [6, 6.07) is 3.49. The molecule has 8 heteroatoms. The van der Waals surface area contributed by atoms with Gasteiger partial charge in [-0.15, -0.1) is 0 Å². The number of halogens is 4. The topological polar surface area (TPSA) is 41.1 Å². The lowest BCUT2D eigenvalue weighted by molar-refractivity contribution is 0.410. The average Bonchev–Trinajstić information content (AvgIpc) is 2.90. The molecule has 25 heavy (non-hydrogen) atoms. The van der Waals surface area contributed by atoms with Gasteiger partial charge in [-0.2, -0.15) is 22.5 Å². The highest BCUT2D eigenvalue weighted by molar-refractivity contribution is 5.47. The van der Waals surface area contributed by atoms with Crippen LogP contribution in [0.4, 0.5) is 29.1 Å². The second-order valence-corrected chi connectivity index (χ2v) is 5.97. The molecule has 1 N–H and O–H groups in total. The van der Waals surface area contributed by atoms with Crippen molar-refractivity contribution in [2.75, 3.05) is 23.3 Å². The minimum atomic E-state index is -1.68. The summed E-state index contributed by atoms with van der Waals surface area (Å²) in [5.74, 6) is -5.65. The Labute approximate surface area is 142 Å². The van der Waals surface area contributed by atoms with Gasteiger partial charge in [0.15, 0.2) is 0 Å². The van der Waals surface area contributed by atoms with Crippen molar-refractivity contribution in [1.82, 2.24) is 9.97 Å². The van der Waals surface area contributed by atoms with E-state index in [1.165, 1.54) is 12.8 Å². The van der Waals surface area contributed by atoms with Crippen molar-refractivity contribution >= 4 is 11.5 Å². The van der Waals surface area contributed by atoms with Gasteiger partial charge < -0.3 is 10.2 Å². The Morgan fingerprint density at radius 1 is 0.960 bits per heavy atom.